The van der Waals surface area contributed by atoms with E-state index >= 15 is 0 Å². The normalized spacial score (nSPS) is 21.4. The fraction of sp³-hybridized carbons (Fsp3) is 0.611. The number of nitrogens with zero attached hydrogens (tertiary/aromatic N) is 2. The zero-order valence-electron chi connectivity index (χ0n) is 14.0. The molecule has 2 heterocycles. The van der Waals surface area contributed by atoms with Crippen LogP contribution < -0.4 is 5.32 Å². The molecule has 0 radical (unpaired) electrons. The molecule has 3 aliphatic rings. The lowest BCUT2D eigenvalue weighted by molar-refractivity contribution is 0.270. The van der Waals surface area contributed by atoms with E-state index in [1.807, 2.05) is 11.8 Å². The van der Waals surface area contributed by atoms with Crippen molar-refractivity contribution in [2.75, 3.05) is 30.7 Å². The van der Waals surface area contributed by atoms with Crippen molar-refractivity contribution < 1.29 is 0 Å². The highest BCUT2D eigenvalue weighted by Gasteiger charge is 2.39. The molecular weight excluding hydrogens is 361 g/mol. The van der Waals surface area contributed by atoms with Crippen molar-refractivity contribution in [2.45, 2.75) is 38.6 Å². The second-order valence-electron chi connectivity index (χ2n) is 6.99. The van der Waals surface area contributed by atoms with Crippen molar-refractivity contribution in [2.24, 2.45) is 10.4 Å². The lowest BCUT2D eigenvalue weighted by Crippen LogP contribution is -2.27. The topological polar surface area (TPSA) is 27.6 Å². The van der Waals surface area contributed by atoms with Crippen LogP contribution in [-0.2, 0) is 6.54 Å². The molecule has 0 aromatic heterocycles. The molecule has 1 aromatic carbocycles. The summed E-state index contributed by atoms with van der Waals surface area (Å²) in [7, 11) is 0. The number of hydrogen-bond acceptors (Lipinski definition) is 4. The van der Waals surface area contributed by atoms with Crippen LogP contribution in [0.1, 0.15) is 37.7 Å². The van der Waals surface area contributed by atoms with Gasteiger partial charge in [-0.25, -0.2) is 0 Å². The van der Waals surface area contributed by atoms with Crippen LogP contribution in [0.15, 0.2) is 29.3 Å². The van der Waals surface area contributed by atoms with Gasteiger partial charge >= 0.3 is 0 Å². The van der Waals surface area contributed by atoms with Gasteiger partial charge in [0.25, 0.3) is 0 Å². The van der Waals surface area contributed by atoms with Gasteiger partial charge in [-0.1, -0.05) is 42.8 Å². The molecule has 2 fully saturated rings. The van der Waals surface area contributed by atoms with Crippen molar-refractivity contribution in [3.05, 3.63) is 29.8 Å². The number of para-hydroxylation sites is 1. The van der Waals surface area contributed by atoms with Gasteiger partial charge in [0.2, 0.25) is 0 Å². The Bertz CT molecular complexity index is 573. The van der Waals surface area contributed by atoms with Crippen LogP contribution >= 0.6 is 36.6 Å². The van der Waals surface area contributed by atoms with Gasteiger partial charge in [0.15, 0.2) is 5.17 Å². The van der Waals surface area contributed by atoms with Gasteiger partial charge in [0.1, 0.15) is 0 Å². The third-order valence-electron chi connectivity index (χ3n) is 5.48. The molecule has 1 saturated heterocycles. The van der Waals surface area contributed by atoms with Crippen LogP contribution in [-0.4, -0.2) is 35.5 Å². The standard InChI is InChI=1S/C18H25N3S.2ClH/c1-2-6-16-15(5-1)13-19-17(20-16)22-12-11-21-10-9-18(14-21)7-3-4-8-18;;/h1-2,5-6H,3-4,7-14H2,(H,19,20);2*1H. The van der Waals surface area contributed by atoms with E-state index in [0.29, 0.717) is 5.41 Å². The Kier molecular flexibility index (Phi) is 7.29. The van der Waals surface area contributed by atoms with E-state index in [4.69, 9.17) is 0 Å². The molecule has 134 valence electrons. The number of nitrogens with one attached hydrogen (secondary N) is 1. The largest absolute Gasteiger partial charge is 0.335 e. The number of thioether (sulfide) groups is 1. The van der Waals surface area contributed by atoms with Crippen molar-refractivity contribution in [3.63, 3.8) is 0 Å². The van der Waals surface area contributed by atoms with Crippen LogP contribution in [0.4, 0.5) is 5.69 Å². The number of halogens is 2. The molecule has 4 rings (SSSR count). The lowest BCUT2D eigenvalue weighted by Gasteiger charge is -2.23. The summed E-state index contributed by atoms with van der Waals surface area (Å²) >= 11 is 1.88. The number of amidine groups is 1. The Morgan fingerprint density at radius 3 is 2.75 bits per heavy atom. The van der Waals surface area contributed by atoms with Gasteiger partial charge in [0, 0.05) is 24.5 Å². The Labute approximate surface area is 161 Å². The molecule has 1 N–H and O–H groups in total. The van der Waals surface area contributed by atoms with Crippen molar-refractivity contribution >= 4 is 47.4 Å². The Morgan fingerprint density at radius 1 is 1.12 bits per heavy atom. The number of hydrogen-bond donors (Lipinski definition) is 1. The van der Waals surface area contributed by atoms with Gasteiger partial charge in [-0.2, -0.15) is 0 Å². The number of rotatable bonds is 3. The first-order valence-corrected chi connectivity index (χ1v) is 9.56. The van der Waals surface area contributed by atoms with E-state index in [2.05, 4.69) is 39.5 Å². The minimum atomic E-state index is 0. The predicted octanol–water partition coefficient (Wildman–Crippen LogP) is 4.81. The molecule has 0 unspecified atom stereocenters. The summed E-state index contributed by atoms with van der Waals surface area (Å²) in [6.07, 6.45) is 7.30. The summed E-state index contributed by atoms with van der Waals surface area (Å²) < 4.78 is 0. The molecule has 1 aliphatic carbocycles. The lowest BCUT2D eigenvalue weighted by atomic mass is 9.86. The van der Waals surface area contributed by atoms with E-state index < -0.39 is 0 Å². The van der Waals surface area contributed by atoms with Gasteiger partial charge < -0.3 is 10.2 Å². The Hall–Kier alpha value is -0.420. The van der Waals surface area contributed by atoms with E-state index in [9.17, 15) is 0 Å². The number of anilines is 1. The average molecular weight is 388 g/mol. The van der Waals surface area contributed by atoms with Crippen LogP contribution in [0.3, 0.4) is 0 Å². The quantitative estimate of drug-likeness (QED) is 0.805. The molecular formula is C18H27Cl2N3S. The van der Waals surface area contributed by atoms with E-state index in [1.54, 1.807) is 0 Å². The first-order valence-electron chi connectivity index (χ1n) is 8.58. The second-order valence-corrected chi connectivity index (χ2v) is 8.07. The van der Waals surface area contributed by atoms with Crippen LogP contribution in [0.25, 0.3) is 0 Å². The Balaban J connectivity index is 0.00000104. The minimum Gasteiger partial charge on any atom is -0.335 e. The minimum absolute atomic E-state index is 0. The summed E-state index contributed by atoms with van der Waals surface area (Å²) in [6, 6.07) is 8.47. The highest BCUT2D eigenvalue weighted by molar-refractivity contribution is 8.14. The summed E-state index contributed by atoms with van der Waals surface area (Å²) in [5.41, 5.74) is 3.23. The van der Waals surface area contributed by atoms with Gasteiger partial charge in [-0.15, -0.1) is 24.8 Å². The van der Waals surface area contributed by atoms with Crippen LogP contribution in [0, 0.1) is 5.41 Å². The summed E-state index contributed by atoms with van der Waals surface area (Å²) in [5.74, 6) is 1.14. The van der Waals surface area contributed by atoms with Gasteiger partial charge in [-0.05, 0) is 42.9 Å². The zero-order valence-corrected chi connectivity index (χ0v) is 16.4. The molecule has 24 heavy (non-hydrogen) atoms. The fourth-order valence-electron chi connectivity index (χ4n) is 4.20. The summed E-state index contributed by atoms with van der Waals surface area (Å²) in [5, 5.41) is 4.56. The van der Waals surface area contributed by atoms with E-state index in [1.165, 1.54) is 63.0 Å². The van der Waals surface area contributed by atoms with Crippen LogP contribution in [0.2, 0.25) is 0 Å². The first-order chi connectivity index (χ1) is 10.8. The molecule has 0 amide bonds. The molecule has 2 aliphatic heterocycles. The van der Waals surface area contributed by atoms with E-state index in [0.717, 1.165) is 17.5 Å². The fourth-order valence-corrected chi connectivity index (χ4v) is 5.08. The van der Waals surface area contributed by atoms with Gasteiger partial charge in [0.05, 0.1) is 6.54 Å². The van der Waals surface area contributed by atoms with Crippen molar-refractivity contribution in [3.8, 4) is 0 Å². The molecule has 0 bridgehead atoms. The van der Waals surface area contributed by atoms with Crippen LogP contribution in [0.5, 0.6) is 0 Å². The summed E-state index contributed by atoms with van der Waals surface area (Å²) in [6.45, 7) is 4.67. The number of benzene rings is 1. The third kappa shape index (κ3) is 4.40. The second kappa shape index (κ2) is 8.79. The number of fused-ring (bicyclic) bond motifs is 1. The van der Waals surface area contributed by atoms with Crippen molar-refractivity contribution in [1.29, 1.82) is 0 Å². The highest BCUT2D eigenvalue weighted by atomic mass is 35.5. The maximum Gasteiger partial charge on any atom is 0.161 e. The molecule has 1 aromatic rings. The molecule has 0 atom stereocenters. The first kappa shape index (κ1) is 19.9. The smallest absolute Gasteiger partial charge is 0.161 e. The third-order valence-corrected chi connectivity index (χ3v) is 6.37. The number of aliphatic imine (C=N–C) groups is 1. The van der Waals surface area contributed by atoms with Crippen molar-refractivity contribution in [1.82, 2.24) is 4.90 Å². The monoisotopic (exact) mass is 387 g/mol. The predicted molar refractivity (Wildman–Crippen MR) is 110 cm³/mol. The number of likely N-dealkylation sites (tertiary alicyclic amines) is 1. The Morgan fingerprint density at radius 2 is 1.92 bits per heavy atom. The maximum absolute atomic E-state index is 4.66. The molecule has 3 nitrogen and oxygen atoms in total. The molecule has 6 heteroatoms. The molecule has 1 saturated carbocycles. The SMILES string of the molecule is Cl.Cl.c1ccc2c(c1)CN=C(SCCN1CCC3(CCCC3)C1)N2. The maximum atomic E-state index is 4.66. The molecule has 1 spiro atoms. The summed E-state index contributed by atoms with van der Waals surface area (Å²) in [4.78, 5) is 7.33. The average Bonchev–Trinajstić information content (AvgIpc) is 3.18. The van der Waals surface area contributed by atoms with E-state index in [-0.39, 0.29) is 24.8 Å². The van der Waals surface area contributed by atoms with Gasteiger partial charge in [-0.3, -0.25) is 4.99 Å². The zero-order chi connectivity index (χ0) is 14.8. The highest BCUT2D eigenvalue weighted by Crippen LogP contribution is 2.45.